The lowest BCUT2D eigenvalue weighted by molar-refractivity contribution is 0.306. The first-order valence-electron chi connectivity index (χ1n) is 6.23. The van der Waals surface area contributed by atoms with Crippen LogP contribution in [0.4, 0.5) is 0 Å². The summed E-state index contributed by atoms with van der Waals surface area (Å²) in [7, 11) is 0. The third kappa shape index (κ3) is 1.29. The fourth-order valence-corrected chi connectivity index (χ4v) is 3.75. The normalized spacial score (nSPS) is 32.9. The zero-order valence-corrected chi connectivity index (χ0v) is 10.7. The summed E-state index contributed by atoms with van der Waals surface area (Å²) in [4.78, 5) is 0. The lowest BCUT2D eigenvalue weighted by Gasteiger charge is -2.40. The molecule has 2 N–H and O–H groups in total. The van der Waals surface area contributed by atoms with Crippen LogP contribution in [0.5, 0.6) is 0 Å². The molecule has 1 aromatic carbocycles. The number of allylic oxidation sites excluding steroid dienone is 2. The van der Waals surface area contributed by atoms with E-state index in [4.69, 9.17) is 5.73 Å². The monoisotopic (exact) mass is 225 g/mol. The fourth-order valence-electron chi connectivity index (χ4n) is 3.75. The summed E-state index contributed by atoms with van der Waals surface area (Å²) >= 11 is 0. The Morgan fingerprint density at radius 2 is 1.82 bits per heavy atom. The van der Waals surface area contributed by atoms with Gasteiger partial charge in [-0.3, -0.25) is 0 Å². The highest BCUT2D eigenvalue weighted by atomic mass is 14.8. The molecule has 0 aliphatic heterocycles. The fraction of sp³-hybridized carbons (Fsp3) is 0.375. The smallest absolute Gasteiger partial charge is 0.0391 e. The molecular weight excluding hydrogens is 206 g/mol. The van der Waals surface area contributed by atoms with Crippen LogP contribution in [0, 0.1) is 5.92 Å². The van der Waals surface area contributed by atoms with Crippen molar-refractivity contribution in [2.24, 2.45) is 11.7 Å². The van der Waals surface area contributed by atoms with Crippen LogP contribution in [-0.2, 0) is 5.41 Å². The molecule has 0 saturated carbocycles. The van der Waals surface area contributed by atoms with Gasteiger partial charge in [-0.15, -0.1) is 0 Å². The first-order valence-corrected chi connectivity index (χ1v) is 6.23. The van der Waals surface area contributed by atoms with Gasteiger partial charge in [0.15, 0.2) is 0 Å². The topological polar surface area (TPSA) is 26.0 Å². The van der Waals surface area contributed by atoms with Crippen molar-refractivity contribution in [1.82, 2.24) is 0 Å². The van der Waals surface area contributed by atoms with E-state index < -0.39 is 0 Å². The molecule has 88 valence electrons. The molecular formula is C16H19N. The Balaban J connectivity index is 2.29. The van der Waals surface area contributed by atoms with E-state index >= 15 is 0 Å². The number of fused-ring (bicyclic) bond motifs is 3. The van der Waals surface area contributed by atoms with Crippen LogP contribution < -0.4 is 5.73 Å². The number of rotatable bonds is 0. The van der Waals surface area contributed by atoms with Gasteiger partial charge in [-0.2, -0.15) is 0 Å². The van der Waals surface area contributed by atoms with Gasteiger partial charge in [-0.25, -0.2) is 0 Å². The molecule has 0 fully saturated rings. The second-order valence-electron chi connectivity index (χ2n) is 6.05. The van der Waals surface area contributed by atoms with E-state index in [1.54, 1.807) is 0 Å². The Labute approximate surface area is 103 Å². The summed E-state index contributed by atoms with van der Waals surface area (Å²) in [6, 6.07) is 8.70. The first-order chi connectivity index (χ1) is 7.94. The highest BCUT2D eigenvalue weighted by molar-refractivity contribution is 5.81. The van der Waals surface area contributed by atoms with Gasteiger partial charge in [0.25, 0.3) is 0 Å². The maximum absolute atomic E-state index is 6.49. The molecule has 1 aromatic rings. The molecule has 0 heterocycles. The summed E-state index contributed by atoms with van der Waals surface area (Å²) in [6.07, 6.45) is 6.46. The molecule has 2 atom stereocenters. The molecule has 0 radical (unpaired) electrons. The minimum absolute atomic E-state index is 0.108. The second kappa shape index (κ2) is 3.11. The Bertz CT molecular complexity index is 532. The molecule has 0 aromatic heterocycles. The molecule has 2 aliphatic carbocycles. The number of nitrogens with two attached hydrogens (primary N) is 1. The molecule has 0 amide bonds. The molecule has 3 rings (SSSR count). The van der Waals surface area contributed by atoms with Gasteiger partial charge in [0.1, 0.15) is 0 Å². The average Bonchev–Trinajstić information content (AvgIpc) is 2.49. The molecule has 0 bridgehead atoms. The zero-order valence-electron chi connectivity index (χ0n) is 10.7. The Morgan fingerprint density at radius 3 is 2.59 bits per heavy atom. The summed E-state index contributed by atoms with van der Waals surface area (Å²) in [5, 5.41) is 0. The lowest BCUT2D eigenvalue weighted by Crippen LogP contribution is -2.49. The van der Waals surface area contributed by atoms with Crippen molar-refractivity contribution >= 4 is 5.57 Å². The second-order valence-corrected chi connectivity index (χ2v) is 6.05. The van der Waals surface area contributed by atoms with E-state index in [-0.39, 0.29) is 11.0 Å². The van der Waals surface area contributed by atoms with Crippen LogP contribution >= 0.6 is 0 Å². The molecule has 0 saturated heterocycles. The number of hydrogen-bond donors (Lipinski definition) is 1. The van der Waals surface area contributed by atoms with Crippen LogP contribution in [0.2, 0.25) is 0 Å². The number of benzene rings is 1. The van der Waals surface area contributed by atoms with Crippen LogP contribution in [0.3, 0.4) is 0 Å². The van der Waals surface area contributed by atoms with Gasteiger partial charge in [-0.1, -0.05) is 56.3 Å². The first kappa shape index (κ1) is 10.8. The lowest BCUT2D eigenvalue weighted by atomic mass is 9.66. The van der Waals surface area contributed by atoms with Gasteiger partial charge in [0.2, 0.25) is 0 Å². The molecule has 2 aliphatic rings. The van der Waals surface area contributed by atoms with Crippen molar-refractivity contribution in [3.05, 3.63) is 53.6 Å². The highest BCUT2D eigenvalue weighted by Gasteiger charge is 2.50. The zero-order chi connectivity index (χ0) is 12.3. The maximum atomic E-state index is 6.49. The van der Waals surface area contributed by atoms with E-state index in [2.05, 4.69) is 63.3 Å². The van der Waals surface area contributed by atoms with Crippen LogP contribution in [0.15, 0.2) is 42.5 Å². The maximum Gasteiger partial charge on any atom is 0.0391 e. The molecule has 2 unspecified atom stereocenters. The molecule has 0 spiro atoms. The van der Waals surface area contributed by atoms with Crippen molar-refractivity contribution in [2.75, 3.05) is 0 Å². The minimum atomic E-state index is -0.257. The van der Waals surface area contributed by atoms with Crippen LogP contribution in [-0.4, -0.2) is 5.54 Å². The van der Waals surface area contributed by atoms with Gasteiger partial charge in [0, 0.05) is 11.5 Å². The summed E-state index contributed by atoms with van der Waals surface area (Å²) in [6.45, 7) is 6.75. The van der Waals surface area contributed by atoms with E-state index in [1.165, 1.54) is 16.7 Å². The van der Waals surface area contributed by atoms with Gasteiger partial charge >= 0.3 is 0 Å². The highest BCUT2D eigenvalue weighted by Crippen LogP contribution is 2.54. The van der Waals surface area contributed by atoms with Crippen molar-refractivity contribution in [3.8, 4) is 0 Å². The van der Waals surface area contributed by atoms with Crippen molar-refractivity contribution < 1.29 is 0 Å². The molecule has 1 heteroatoms. The Hall–Kier alpha value is -1.34. The standard InChI is InChI=1S/C16H19N/c1-15(2)13-9-5-4-7-11(13)12-8-6-10-16(3,17)14(12)15/h4-10,14H,17H2,1-3H3. The predicted octanol–water partition coefficient (Wildman–Crippen LogP) is 3.26. The van der Waals surface area contributed by atoms with Crippen molar-refractivity contribution in [1.29, 1.82) is 0 Å². The minimum Gasteiger partial charge on any atom is -0.322 e. The van der Waals surface area contributed by atoms with E-state index in [9.17, 15) is 0 Å². The van der Waals surface area contributed by atoms with E-state index in [1.807, 2.05) is 0 Å². The third-order valence-corrected chi connectivity index (χ3v) is 4.32. The van der Waals surface area contributed by atoms with Gasteiger partial charge < -0.3 is 5.73 Å². The van der Waals surface area contributed by atoms with Crippen molar-refractivity contribution in [2.45, 2.75) is 31.7 Å². The SMILES string of the molecule is CC1(N)C=CC=C2c3ccccc3C(C)(C)C21. The van der Waals surface area contributed by atoms with E-state index in [0.29, 0.717) is 5.92 Å². The largest absolute Gasteiger partial charge is 0.322 e. The predicted molar refractivity (Wildman–Crippen MR) is 72.7 cm³/mol. The quantitative estimate of drug-likeness (QED) is 0.720. The van der Waals surface area contributed by atoms with Crippen LogP contribution in [0.1, 0.15) is 31.9 Å². The van der Waals surface area contributed by atoms with Gasteiger partial charge in [-0.05, 0) is 29.0 Å². The average molecular weight is 225 g/mol. The van der Waals surface area contributed by atoms with E-state index in [0.717, 1.165) is 0 Å². The molecule has 1 nitrogen and oxygen atoms in total. The summed E-state index contributed by atoms with van der Waals surface area (Å²) < 4.78 is 0. The van der Waals surface area contributed by atoms with Crippen LogP contribution in [0.25, 0.3) is 5.57 Å². The van der Waals surface area contributed by atoms with Crippen molar-refractivity contribution in [3.63, 3.8) is 0 Å². The Morgan fingerprint density at radius 1 is 1.12 bits per heavy atom. The number of hydrogen-bond acceptors (Lipinski definition) is 1. The Kier molecular flexibility index (Phi) is 1.97. The van der Waals surface area contributed by atoms with Gasteiger partial charge in [0.05, 0.1) is 0 Å². The summed E-state index contributed by atoms with van der Waals surface area (Å²) in [5.41, 5.74) is 10.5. The third-order valence-electron chi connectivity index (χ3n) is 4.32. The molecule has 17 heavy (non-hydrogen) atoms. The summed E-state index contributed by atoms with van der Waals surface area (Å²) in [5.74, 6) is 0.373.